The summed E-state index contributed by atoms with van der Waals surface area (Å²) in [6.07, 6.45) is 0. The van der Waals surface area contributed by atoms with E-state index in [9.17, 15) is 18.4 Å². The predicted octanol–water partition coefficient (Wildman–Crippen LogP) is 2.78. The van der Waals surface area contributed by atoms with E-state index in [1.807, 2.05) is 0 Å². The number of rotatable bonds is 5. The number of hydrogen-bond donors (Lipinski definition) is 1. The Balaban J connectivity index is 1.95. The summed E-state index contributed by atoms with van der Waals surface area (Å²) in [6.45, 7) is 0. The van der Waals surface area contributed by atoms with Crippen LogP contribution in [0, 0.1) is 11.6 Å². The number of nitrogens with one attached hydrogen (secondary N) is 1. The summed E-state index contributed by atoms with van der Waals surface area (Å²) in [4.78, 5) is 24.5. The largest absolute Gasteiger partial charge is 0.493 e. The Labute approximate surface area is 158 Å². The second kappa shape index (κ2) is 7.87. The molecule has 0 saturated heterocycles. The third-order valence-electron chi connectivity index (χ3n) is 3.83. The third kappa shape index (κ3) is 3.68. The zero-order valence-electron chi connectivity index (χ0n) is 14.9. The van der Waals surface area contributed by atoms with E-state index in [0.717, 1.165) is 28.9 Å². The lowest BCUT2D eigenvalue weighted by Crippen LogP contribution is -2.25. The normalized spacial score (nSPS) is 10.4. The second-order valence-corrected chi connectivity index (χ2v) is 5.56. The summed E-state index contributed by atoms with van der Waals surface area (Å²) in [5.41, 5.74) is -1.12. The summed E-state index contributed by atoms with van der Waals surface area (Å²) in [5.74, 6) is -1.86. The fourth-order valence-electron chi connectivity index (χ4n) is 2.46. The first-order valence-electron chi connectivity index (χ1n) is 8.02. The van der Waals surface area contributed by atoms with E-state index in [-0.39, 0.29) is 28.6 Å². The van der Waals surface area contributed by atoms with Gasteiger partial charge in [0.1, 0.15) is 17.2 Å². The van der Waals surface area contributed by atoms with Crippen LogP contribution in [0.4, 0.5) is 14.5 Å². The number of hydrogen-bond acceptors (Lipinski definition) is 5. The number of ether oxygens (including phenoxy) is 2. The Hall–Kier alpha value is -3.75. The molecule has 7 nitrogen and oxygen atoms in total. The Morgan fingerprint density at radius 1 is 1.00 bits per heavy atom. The zero-order valence-corrected chi connectivity index (χ0v) is 14.9. The molecule has 0 spiro atoms. The quantitative estimate of drug-likeness (QED) is 0.728. The van der Waals surface area contributed by atoms with E-state index in [2.05, 4.69) is 10.4 Å². The van der Waals surface area contributed by atoms with Gasteiger partial charge in [0.25, 0.3) is 11.5 Å². The molecule has 1 N–H and O–H groups in total. The van der Waals surface area contributed by atoms with Crippen molar-refractivity contribution in [3.05, 3.63) is 76.2 Å². The number of carbonyl (C=O) groups is 1. The van der Waals surface area contributed by atoms with E-state index in [0.29, 0.717) is 0 Å². The smallest absolute Gasteiger partial charge is 0.276 e. The standard InChI is InChI=1S/C19H15F2N3O4/c1-27-16-9-12(21)14(10-17(16)28-2)22-19(26)13-7-8-18(25)24(23-13)15-6-4-3-5-11(15)20/h3-10H,1-2H3,(H,22,26). The van der Waals surface area contributed by atoms with Gasteiger partial charge in [-0.25, -0.2) is 8.78 Å². The third-order valence-corrected chi connectivity index (χ3v) is 3.83. The number of halogens is 2. The number of aromatic nitrogens is 2. The highest BCUT2D eigenvalue weighted by Gasteiger charge is 2.17. The summed E-state index contributed by atoms with van der Waals surface area (Å²) in [5, 5.41) is 6.22. The Kier molecular flexibility index (Phi) is 5.35. The van der Waals surface area contributed by atoms with Crippen molar-refractivity contribution in [2.24, 2.45) is 0 Å². The van der Waals surface area contributed by atoms with Gasteiger partial charge in [0.05, 0.1) is 19.9 Å². The molecule has 0 bridgehead atoms. The van der Waals surface area contributed by atoms with Gasteiger partial charge in [-0.05, 0) is 18.2 Å². The highest BCUT2D eigenvalue weighted by molar-refractivity contribution is 6.03. The highest BCUT2D eigenvalue weighted by Crippen LogP contribution is 2.32. The monoisotopic (exact) mass is 387 g/mol. The van der Waals surface area contributed by atoms with E-state index in [1.165, 1.54) is 38.5 Å². The first-order chi connectivity index (χ1) is 13.4. The minimum absolute atomic E-state index is 0.112. The number of methoxy groups -OCH3 is 2. The predicted molar refractivity (Wildman–Crippen MR) is 97.2 cm³/mol. The average Bonchev–Trinajstić information content (AvgIpc) is 2.70. The number of carbonyl (C=O) groups excluding carboxylic acids is 1. The average molecular weight is 387 g/mol. The molecule has 1 heterocycles. The van der Waals surface area contributed by atoms with Gasteiger partial charge >= 0.3 is 0 Å². The molecular formula is C19H15F2N3O4. The maximum absolute atomic E-state index is 14.2. The maximum atomic E-state index is 14.2. The molecule has 3 rings (SSSR count). The van der Waals surface area contributed by atoms with Crippen LogP contribution in [-0.4, -0.2) is 29.9 Å². The van der Waals surface area contributed by atoms with Crippen molar-refractivity contribution in [2.45, 2.75) is 0 Å². The molecule has 0 aliphatic carbocycles. The fourth-order valence-corrected chi connectivity index (χ4v) is 2.46. The van der Waals surface area contributed by atoms with Crippen LogP contribution in [0.5, 0.6) is 11.5 Å². The Morgan fingerprint density at radius 2 is 1.68 bits per heavy atom. The molecule has 3 aromatic rings. The molecule has 0 unspecified atom stereocenters. The summed E-state index contributed by atoms with van der Waals surface area (Å²) >= 11 is 0. The van der Waals surface area contributed by atoms with Gasteiger partial charge < -0.3 is 14.8 Å². The van der Waals surface area contributed by atoms with Crippen molar-refractivity contribution in [2.75, 3.05) is 19.5 Å². The van der Waals surface area contributed by atoms with Gasteiger partial charge in [-0.3, -0.25) is 9.59 Å². The SMILES string of the molecule is COc1cc(F)c(NC(=O)c2ccc(=O)n(-c3ccccc3F)n2)cc1OC. The molecule has 0 fully saturated rings. The van der Waals surface area contributed by atoms with Crippen LogP contribution < -0.4 is 20.3 Å². The van der Waals surface area contributed by atoms with Crippen molar-refractivity contribution in [3.63, 3.8) is 0 Å². The van der Waals surface area contributed by atoms with Gasteiger partial charge in [0.2, 0.25) is 0 Å². The topological polar surface area (TPSA) is 82.5 Å². The summed E-state index contributed by atoms with van der Waals surface area (Å²) in [6, 6.07) is 10.0. The van der Waals surface area contributed by atoms with E-state index in [4.69, 9.17) is 9.47 Å². The van der Waals surface area contributed by atoms with Crippen LogP contribution in [-0.2, 0) is 0 Å². The van der Waals surface area contributed by atoms with Crippen molar-refractivity contribution < 1.29 is 23.0 Å². The first kappa shape index (κ1) is 19.0. The molecule has 0 aliphatic heterocycles. The molecule has 9 heteroatoms. The molecule has 0 saturated carbocycles. The van der Waals surface area contributed by atoms with Crippen LogP contribution in [0.2, 0.25) is 0 Å². The molecule has 28 heavy (non-hydrogen) atoms. The highest BCUT2D eigenvalue weighted by atomic mass is 19.1. The van der Waals surface area contributed by atoms with E-state index < -0.39 is 23.1 Å². The Morgan fingerprint density at radius 3 is 2.36 bits per heavy atom. The fraction of sp³-hybridized carbons (Fsp3) is 0.105. The number of amides is 1. The number of nitrogens with zero attached hydrogens (tertiary/aromatic N) is 2. The molecule has 144 valence electrons. The molecule has 2 aromatic carbocycles. The van der Waals surface area contributed by atoms with Crippen LogP contribution in [0.25, 0.3) is 5.69 Å². The summed E-state index contributed by atoms with van der Waals surface area (Å²) in [7, 11) is 2.72. The van der Waals surface area contributed by atoms with Gasteiger partial charge in [0.15, 0.2) is 17.3 Å². The zero-order chi connectivity index (χ0) is 20.3. The van der Waals surface area contributed by atoms with E-state index in [1.54, 1.807) is 0 Å². The first-order valence-corrected chi connectivity index (χ1v) is 8.02. The minimum atomic E-state index is -0.795. The van der Waals surface area contributed by atoms with Crippen molar-refractivity contribution in [1.29, 1.82) is 0 Å². The van der Waals surface area contributed by atoms with Crippen LogP contribution in [0.1, 0.15) is 10.5 Å². The van der Waals surface area contributed by atoms with Gasteiger partial charge in [-0.1, -0.05) is 12.1 Å². The minimum Gasteiger partial charge on any atom is -0.493 e. The lowest BCUT2D eigenvalue weighted by Gasteiger charge is -2.12. The van der Waals surface area contributed by atoms with Crippen LogP contribution in [0.3, 0.4) is 0 Å². The molecule has 1 amide bonds. The van der Waals surface area contributed by atoms with Crippen LogP contribution in [0.15, 0.2) is 53.3 Å². The van der Waals surface area contributed by atoms with Crippen molar-refractivity contribution in [3.8, 4) is 17.2 Å². The van der Waals surface area contributed by atoms with Gasteiger partial charge in [-0.2, -0.15) is 9.78 Å². The lowest BCUT2D eigenvalue weighted by molar-refractivity contribution is 0.102. The molecule has 0 aliphatic rings. The Bertz CT molecular complexity index is 1100. The molecular weight excluding hydrogens is 372 g/mol. The van der Waals surface area contributed by atoms with Gasteiger partial charge in [0, 0.05) is 18.2 Å². The van der Waals surface area contributed by atoms with Gasteiger partial charge in [-0.15, -0.1) is 0 Å². The summed E-state index contributed by atoms with van der Waals surface area (Å²) < 4.78 is 39.0. The molecule has 0 radical (unpaired) electrons. The second-order valence-electron chi connectivity index (χ2n) is 5.56. The maximum Gasteiger partial charge on any atom is 0.276 e. The lowest BCUT2D eigenvalue weighted by atomic mass is 10.2. The van der Waals surface area contributed by atoms with Crippen molar-refractivity contribution >= 4 is 11.6 Å². The molecule has 1 aromatic heterocycles. The van der Waals surface area contributed by atoms with Crippen molar-refractivity contribution in [1.82, 2.24) is 9.78 Å². The number of benzene rings is 2. The van der Waals surface area contributed by atoms with E-state index >= 15 is 0 Å². The molecule has 0 atom stereocenters. The number of anilines is 1. The van der Waals surface area contributed by atoms with Crippen LogP contribution >= 0.6 is 0 Å². The number of para-hydroxylation sites is 1.